The van der Waals surface area contributed by atoms with Crippen molar-refractivity contribution in [2.45, 2.75) is 5.92 Å². The summed E-state index contributed by atoms with van der Waals surface area (Å²) >= 11 is 1.47. The van der Waals surface area contributed by atoms with E-state index in [4.69, 9.17) is 9.47 Å². The minimum atomic E-state index is -0.472. The standard InChI is InChI=1S/C13H13NO4S/c1-17-12(15)8-6-14-7-9(13(16)18-2)11(8)10-4-3-5-19-10/h3-7,11,14H,1-2H3. The number of ether oxygens (including phenoxy) is 2. The molecule has 1 aliphatic rings. The Morgan fingerprint density at radius 3 is 2.16 bits per heavy atom. The maximum Gasteiger partial charge on any atom is 0.336 e. The maximum atomic E-state index is 11.8. The molecule has 100 valence electrons. The summed E-state index contributed by atoms with van der Waals surface area (Å²) in [5.41, 5.74) is 0.765. The van der Waals surface area contributed by atoms with Crippen LogP contribution in [0.1, 0.15) is 10.8 Å². The molecule has 6 heteroatoms. The van der Waals surface area contributed by atoms with E-state index in [0.717, 1.165) is 4.88 Å². The molecule has 5 nitrogen and oxygen atoms in total. The third-order valence-corrected chi connectivity index (χ3v) is 3.71. The Hall–Kier alpha value is -2.08. The third-order valence-electron chi connectivity index (χ3n) is 2.77. The highest BCUT2D eigenvalue weighted by Gasteiger charge is 2.33. The fourth-order valence-electron chi connectivity index (χ4n) is 1.91. The minimum absolute atomic E-state index is 0.382. The van der Waals surface area contributed by atoms with Crippen molar-refractivity contribution in [2.24, 2.45) is 0 Å². The van der Waals surface area contributed by atoms with E-state index in [2.05, 4.69) is 5.32 Å². The Morgan fingerprint density at radius 2 is 1.74 bits per heavy atom. The first-order valence-corrected chi connectivity index (χ1v) is 6.43. The van der Waals surface area contributed by atoms with Crippen molar-refractivity contribution < 1.29 is 19.1 Å². The third kappa shape index (κ3) is 2.53. The van der Waals surface area contributed by atoms with Gasteiger partial charge in [0.1, 0.15) is 0 Å². The van der Waals surface area contributed by atoms with Gasteiger partial charge in [-0.2, -0.15) is 0 Å². The number of dihydropyridines is 1. The number of rotatable bonds is 3. The Labute approximate surface area is 114 Å². The van der Waals surface area contributed by atoms with Crippen molar-refractivity contribution >= 4 is 23.3 Å². The molecule has 1 aliphatic heterocycles. The lowest BCUT2D eigenvalue weighted by molar-refractivity contribution is -0.137. The summed E-state index contributed by atoms with van der Waals surface area (Å²) in [6.07, 6.45) is 3.09. The molecule has 0 amide bonds. The number of carbonyl (C=O) groups is 2. The van der Waals surface area contributed by atoms with E-state index in [1.54, 1.807) is 12.4 Å². The predicted octanol–water partition coefficient (Wildman–Crippen LogP) is 1.55. The first kappa shape index (κ1) is 13.4. The van der Waals surface area contributed by atoms with Gasteiger partial charge in [-0.3, -0.25) is 0 Å². The Kier molecular flexibility index (Phi) is 4.01. The van der Waals surface area contributed by atoms with Gasteiger partial charge < -0.3 is 14.8 Å². The molecule has 0 bridgehead atoms. The number of nitrogens with one attached hydrogen (secondary N) is 1. The molecule has 1 aromatic rings. The van der Waals surface area contributed by atoms with Crippen LogP contribution >= 0.6 is 11.3 Å². The monoisotopic (exact) mass is 279 g/mol. The normalized spacial score (nSPS) is 15.1. The molecule has 0 saturated heterocycles. The Balaban J connectivity index is 2.44. The fraction of sp³-hybridized carbons (Fsp3) is 0.231. The molecule has 0 unspecified atom stereocenters. The van der Waals surface area contributed by atoms with Crippen LogP contribution in [-0.2, 0) is 19.1 Å². The van der Waals surface area contributed by atoms with E-state index in [1.165, 1.54) is 25.6 Å². The number of carbonyl (C=O) groups excluding carboxylic acids is 2. The molecule has 1 aromatic heterocycles. The zero-order valence-electron chi connectivity index (χ0n) is 10.5. The summed E-state index contributed by atoms with van der Waals surface area (Å²) in [7, 11) is 2.62. The average molecular weight is 279 g/mol. The number of esters is 2. The second-order valence-corrected chi connectivity index (χ2v) is 4.78. The van der Waals surface area contributed by atoms with E-state index in [0.29, 0.717) is 11.1 Å². The quantitative estimate of drug-likeness (QED) is 0.850. The van der Waals surface area contributed by atoms with Crippen LogP contribution in [0, 0.1) is 0 Å². The van der Waals surface area contributed by atoms with Gasteiger partial charge in [-0.25, -0.2) is 9.59 Å². The first-order valence-electron chi connectivity index (χ1n) is 5.55. The van der Waals surface area contributed by atoms with Gasteiger partial charge in [0, 0.05) is 17.3 Å². The lowest BCUT2D eigenvalue weighted by Crippen LogP contribution is -2.25. The number of hydrogen-bond acceptors (Lipinski definition) is 6. The lowest BCUT2D eigenvalue weighted by Gasteiger charge is -2.22. The summed E-state index contributed by atoms with van der Waals surface area (Å²) < 4.78 is 9.52. The van der Waals surface area contributed by atoms with Crippen molar-refractivity contribution in [3.63, 3.8) is 0 Å². The molecular formula is C13H13NO4S. The highest BCUT2D eigenvalue weighted by molar-refractivity contribution is 7.10. The largest absolute Gasteiger partial charge is 0.466 e. The van der Waals surface area contributed by atoms with Gasteiger partial charge in [0.15, 0.2) is 0 Å². The van der Waals surface area contributed by atoms with Crippen LogP contribution in [0.2, 0.25) is 0 Å². The van der Waals surface area contributed by atoms with Crippen molar-refractivity contribution in [3.05, 3.63) is 45.9 Å². The maximum absolute atomic E-state index is 11.8. The van der Waals surface area contributed by atoms with Crippen LogP contribution in [-0.4, -0.2) is 26.2 Å². The summed E-state index contributed by atoms with van der Waals surface area (Å²) in [6, 6.07) is 3.74. The van der Waals surface area contributed by atoms with Gasteiger partial charge in [0.25, 0.3) is 0 Å². The minimum Gasteiger partial charge on any atom is -0.466 e. The fourth-order valence-corrected chi connectivity index (χ4v) is 2.77. The van der Waals surface area contributed by atoms with E-state index in [9.17, 15) is 9.59 Å². The van der Waals surface area contributed by atoms with Gasteiger partial charge in [0.05, 0.1) is 31.3 Å². The van der Waals surface area contributed by atoms with Crippen molar-refractivity contribution in [1.82, 2.24) is 5.32 Å². The highest BCUT2D eigenvalue weighted by atomic mass is 32.1. The van der Waals surface area contributed by atoms with Crippen LogP contribution in [0.3, 0.4) is 0 Å². The zero-order chi connectivity index (χ0) is 13.8. The van der Waals surface area contributed by atoms with Gasteiger partial charge in [0.2, 0.25) is 0 Å². The molecule has 0 saturated carbocycles. The number of thiophene rings is 1. The van der Waals surface area contributed by atoms with Gasteiger partial charge in [-0.1, -0.05) is 6.07 Å². The first-order chi connectivity index (χ1) is 9.19. The second-order valence-electron chi connectivity index (χ2n) is 3.80. The summed E-state index contributed by atoms with van der Waals surface area (Å²) in [5, 5.41) is 4.68. The Bertz CT molecular complexity index is 513. The van der Waals surface area contributed by atoms with Crippen LogP contribution in [0.5, 0.6) is 0 Å². The molecule has 2 heterocycles. The van der Waals surface area contributed by atoms with Crippen LogP contribution in [0.25, 0.3) is 0 Å². The molecule has 2 rings (SSSR count). The van der Waals surface area contributed by atoms with Crippen LogP contribution < -0.4 is 5.32 Å². The average Bonchev–Trinajstić information content (AvgIpc) is 2.98. The topological polar surface area (TPSA) is 64.6 Å². The summed E-state index contributed by atoms with van der Waals surface area (Å²) in [4.78, 5) is 24.5. The smallest absolute Gasteiger partial charge is 0.336 e. The molecule has 0 aromatic carbocycles. The molecule has 19 heavy (non-hydrogen) atoms. The Morgan fingerprint density at radius 1 is 1.16 bits per heavy atom. The van der Waals surface area contributed by atoms with Crippen LogP contribution in [0.15, 0.2) is 41.1 Å². The molecule has 0 aliphatic carbocycles. The highest BCUT2D eigenvalue weighted by Crippen LogP contribution is 2.37. The molecule has 0 atom stereocenters. The second kappa shape index (κ2) is 5.71. The van der Waals surface area contributed by atoms with E-state index in [-0.39, 0.29) is 0 Å². The van der Waals surface area contributed by atoms with Crippen LogP contribution in [0.4, 0.5) is 0 Å². The summed E-state index contributed by atoms with van der Waals surface area (Å²) in [6.45, 7) is 0. The molecular weight excluding hydrogens is 266 g/mol. The molecule has 0 spiro atoms. The predicted molar refractivity (Wildman–Crippen MR) is 70.4 cm³/mol. The number of methoxy groups -OCH3 is 2. The van der Waals surface area contributed by atoms with Crippen molar-refractivity contribution in [3.8, 4) is 0 Å². The SMILES string of the molecule is COC(=O)C1=CNC=C(C(=O)OC)C1c1cccs1. The van der Waals surface area contributed by atoms with Crippen molar-refractivity contribution in [1.29, 1.82) is 0 Å². The lowest BCUT2D eigenvalue weighted by atomic mass is 9.88. The van der Waals surface area contributed by atoms with E-state index >= 15 is 0 Å². The zero-order valence-corrected chi connectivity index (χ0v) is 11.3. The van der Waals surface area contributed by atoms with Gasteiger partial charge >= 0.3 is 11.9 Å². The van der Waals surface area contributed by atoms with E-state index in [1.807, 2.05) is 17.5 Å². The number of hydrogen-bond donors (Lipinski definition) is 1. The molecule has 1 N–H and O–H groups in total. The molecule has 0 fully saturated rings. The summed E-state index contributed by atoms with van der Waals surface area (Å²) in [5.74, 6) is -1.40. The molecule has 0 radical (unpaired) electrons. The van der Waals surface area contributed by atoms with Gasteiger partial charge in [-0.05, 0) is 11.4 Å². The van der Waals surface area contributed by atoms with Crippen molar-refractivity contribution in [2.75, 3.05) is 14.2 Å². The van der Waals surface area contributed by atoms with E-state index < -0.39 is 17.9 Å². The van der Waals surface area contributed by atoms with Gasteiger partial charge in [-0.15, -0.1) is 11.3 Å².